The van der Waals surface area contributed by atoms with Crippen molar-refractivity contribution in [3.05, 3.63) is 89.7 Å². The lowest BCUT2D eigenvalue weighted by molar-refractivity contribution is -0.199. The van der Waals surface area contributed by atoms with Crippen molar-refractivity contribution in [3.8, 4) is 11.1 Å². The van der Waals surface area contributed by atoms with Crippen LogP contribution in [0.2, 0.25) is 0 Å². The Bertz CT molecular complexity index is 1630. The summed E-state index contributed by atoms with van der Waals surface area (Å²) in [6, 6.07) is 19.3. The van der Waals surface area contributed by atoms with Gasteiger partial charge >= 0.3 is 7.12 Å². The average Bonchev–Trinajstić information content (AvgIpc) is 3.44. The number of pyridine rings is 1. The van der Waals surface area contributed by atoms with E-state index in [1.807, 2.05) is 55.5 Å². The number of amides is 3. The van der Waals surface area contributed by atoms with Crippen LogP contribution in [0.4, 0.5) is 0 Å². The lowest BCUT2D eigenvalue weighted by Crippen LogP contribution is -2.65. The zero-order valence-corrected chi connectivity index (χ0v) is 28.8. The number of hydrogen-bond acceptors (Lipinski definition) is 6. The van der Waals surface area contributed by atoms with Gasteiger partial charge in [0.15, 0.2) is 0 Å². The molecule has 10 heteroatoms. The second kappa shape index (κ2) is 13.5. The molecule has 2 bridgehead atoms. The monoisotopic (exact) mass is 650 g/mol. The van der Waals surface area contributed by atoms with E-state index in [2.05, 4.69) is 55.6 Å². The molecule has 252 valence electrons. The average molecular weight is 651 g/mol. The van der Waals surface area contributed by atoms with Gasteiger partial charge in [-0.15, -0.1) is 0 Å². The zero-order valence-electron chi connectivity index (χ0n) is 28.8. The lowest BCUT2D eigenvalue weighted by atomic mass is 9.43. The summed E-state index contributed by atoms with van der Waals surface area (Å²) < 4.78 is 13.3. The molecule has 3 N–H and O–H groups in total. The van der Waals surface area contributed by atoms with E-state index in [1.165, 1.54) is 0 Å². The first-order chi connectivity index (χ1) is 22.8. The van der Waals surface area contributed by atoms with Crippen molar-refractivity contribution in [3.63, 3.8) is 0 Å². The molecule has 0 radical (unpaired) electrons. The molecule has 1 saturated heterocycles. The lowest BCUT2D eigenvalue weighted by Gasteiger charge is -2.64. The highest BCUT2D eigenvalue weighted by atomic mass is 16.7. The molecular formula is C38H47BN4O5. The summed E-state index contributed by atoms with van der Waals surface area (Å²) in [5.74, 6) is -0.510. The Morgan fingerprint density at radius 1 is 0.917 bits per heavy atom. The van der Waals surface area contributed by atoms with Gasteiger partial charge in [0.05, 0.1) is 17.6 Å². The molecule has 3 amide bonds. The molecule has 9 nitrogen and oxygen atoms in total. The van der Waals surface area contributed by atoms with Crippen LogP contribution in [0.25, 0.3) is 11.1 Å². The first-order valence-electron chi connectivity index (χ1n) is 17.2. The van der Waals surface area contributed by atoms with E-state index in [-0.39, 0.29) is 35.6 Å². The van der Waals surface area contributed by atoms with E-state index in [9.17, 15) is 14.4 Å². The smallest absolute Gasteiger partial charge is 0.404 e. The number of nitrogens with zero attached hydrogens (tertiary/aromatic N) is 1. The van der Waals surface area contributed by atoms with Crippen LogP contribution >= 0.6 is 0 Å². The number of nitrogens with one attached hydrogen (secondary N) is 3. The Balaban J connectivity index is 1.19. The van der Waals surface area contributed by atoms with Gasteiger partial charge < -0.3 is 25.3 Å². The first-order valence-corrected chi connectivity index (χ1v) is 17.2. The molecule has 4 aliphatic rings. The number of rotatable bonds is 11. The number of aryl methyl sites for hydroxylation is 1. The van der Waals surface area contributed by atoms with Crippen LogP contribution in [-0.2, 0) is 14.1 Å². The molecule has 3 aliphatic carbocycles. The van der Waals surface area contributed by atoms with Gasteiger partial charge in [0.2, 0.25) is 5.91 Å². The van der Waals surface area contributed by atoms with Gasteiger partial charge in [0, 0.05) is 23.9 Å². The second-order valence-corrected chi connectivity index (χ2v) is 15.0. The van der Waals surface area contributed by atoms with Crippen LogP contribution in [-0.4, -0.2) is 60.1 Å². The summed E-state index contributed by atoms with van der Waals surface area (Å²) in [7, 11) is -0.618. The fourth-order valence-electron chi connectivity index (χ4n) is 7.87. The highest BCUT2D eigenvalue weighted by molar-refractivity contribution is 6.48. The van der Waals surface area contributed by atoms with Crippen LogP contribution in [0.5, 0.6) is 0 Å². The van der Waals surface area contributed by atoms with E-state index in [0.29, 0.717) is 23.8 Å². The Morgan fingerprint density at radius 2 is 1.65 bits per heavy atom. The summed E-state index contributed by atoms with van der Waals surface area (Å²) in [5, 5.41) is 8.82. The van der Waals surface area contributed by atoms with Gasteiger partial charge in [0.1, 0.15) is 11.7 Å². The second-order valence-electron chi connectivity index (χ2n) is 15.0. The minimum Gasteiger partial charge on any atom is -0.404 e. The maximum atomic E-state index is 14.1. The van der Waals surface area contributed by atoms with E-state index >= 15 is 0 Å². The largest absolute Gasteiger partial charge is 0.481 e. The molecule has 0 unspecified atom stereocenters. The van der Waals surface area contributed by atoms with Crippen molar-refractivity contribution in [1.82, 2.24) is 20.9 Å². The minimum absolute atomic E-state index is 0.0277. The summed E-state index contributed by atoms with van der Waals surface area (Å²) in [4.78, 5) is 45.0. The van der Waals surface area contributed by atoms with Crippen molar-refractivity contribution in [2.24, 2.45) is 23.2 Å². The van der Waals surface area contributed by atoms with Crippen LogP contribution in [0.3, 0.4) is 0 Å². The molecule has 1 aromatic heterocycles. The quantitative estimate of drug-likeness (QED) is 0.240. The molecule has 0 spiro atoms. The van der Waals surface area contributed by atoms with Crippen LogP contribution in [0.15, 0.2) is 72.9 Å². The number of benzene rings is 2. The fourth-order valence-corrected chi connectivity index (χ4v) is 7.87. The molecule has 2 aromatic carbocycles. The van der Waals surface area contributed by atoms with E-state index in [4.69, 9.17) is 9.31 Å². The topological polar surface area (TPSA) is 119 Å². The van der Waals surface area contributed by atoms with Crippen LogP contribution in [0.1, 0.15) is 80.3 Å². The van der Waals surface area contributed by atoms with Gasteiger partial charge in [-0.25, -0.2) is 0 Å². The van der Waals surface area contributed by atoms with Gasteiger partial charge in [0.25, 0.3) is 11.8 Å². The molecule has 4 fully saturated rings. The number of carbonyl (C=O) groups excluding carboxylic acids is 3. The molecule has 2 heterocycles. The first kappa shape index (κ1) is 33.9. The van der Waals surface area contributed by atoms with Crippen molar-refractivity contribution in [2.75, 3.05) is 6.54 Å². The van der Waals surface area contributed by atoms with Crippen molar-refractivity contribution < 1.29 is 23.7 Å². The van der Waals surface area contributed by atoms with Crippen molar-refractivity contribution in [2.45, 2.75) is 84.5 Å². The highest BCUT2D eigenvalue weighted by Crippen LogP contribution is 2.65. The molecule has 6 atom stereocenters. The predicted octanol–water partition coefficient (Wildman–Crippen LogP) is 5.38. The zero-order chi connectivity index (χ0) is 34.2. The standard InChI is InChI=1S/C38H47BN4O5/c1-23(2)18-33(39-47-32-20-28-19-31(37(28,4)5)38(32,6)48-39)43-36(46)30(22-41-34(44)26-14-12-24(3)13-15-26)42-35(45)29-17-16-27(21-40-29)25-10-8-7-9-11-25/h7-17,21,23,28,30-33H,18-20,22H2,1-6H3,(H,41,44)(H,42,45)(H,43,46)/t28-,30-,31-,32+,33-,38-/m0/s1. The van der Waals surface area contributed by atoms with Gasteiger partial charge in [-0.05, 0) is 80.0 Å². The predicted molar refractivity (Wildman–Crippen MR) is 186 cm³/mol. The highest BCUT2D eigenvalue weighted by Gasteiger charge is 2.68. The molecule has 1 aliphatic heterocycles. The van der Waals surface area contributed by atoms with Crippen LogP contribution < -0.4 is 16.0 Å². The normalized spacial score (nSPS) is 25.0. The van der Waals surface area contributed by atoms with Crippen LogP contribution in [0, 0.1) is 30.1 Å². The number of hydrogen-bond donors (Lipinski definition) is 3. The Morgan fingerprint density at radius 3 is 2.29 bits per heavy atom. The maximum Gasteiger partial charge on any atom is 0.481 e. The third-order valence-electron chi connectivity index (χ3n) is 10.9. The third kappa shape index (κ3) is 6.78. The summed E-state index contributed by atoms with van der Waals surface area (Å²) in [5.41, 5.74) is 3.28. The Labute approximate surface area is 284 Å². The van der Waals surface area contributed by atoms with Gasteiger partial charge in [-0.1, -0.05) is 81.8 Å². The molecule has 48 heavy (non-hydrogen) atoms. The van der Waals surface area contributed by atoms with Gasteiger partial charge in [-0.2, -0.15) is 0 Å². The van der Waals surface area contributed by atoms with E-state index in [0.717, 1.165) is 29.5 Å². The third-order valence-corrected chi connectivity index (χ3v) is 10.9. The molecule has 3 aromatic rings. The molecular weight excluding hydrogens is 603 g/mol. The van der Waals surface area contributed by atoms with E-state index < -0.39 is 36.5 Å². The van der Waals surface area contributed by atoms with Crippen molar-refractivity contribution >= 4 is 24.8 Å². The summed E-state index contributed by atoms with van der Waals surface area (Å²) in [6.07, 6.45) is 4.30. The minimum atomic E-state index is -1.08. The maximum absolute atomic E-state index is 14.1. The Hall–Kier alpha value is -4.02. The molecule has 3 saturated carbocycles. The SMILES string of the molecule is Cc1ccc(C(=O)NC[C@H](NC(=O)c2ccc(-c3ccccc3)cn2)C(=O)N[C@@H](CC(C)C)B2O[C@@H]3C[C@@H]4C[C@@H](C4(C)C)[C@]3(C)O2)cc1. The number of aromatic nitrogens is 1. The summed E-state index contributed by atoms with van der Waals surface area (Å²) >= 11 is 0. The Kier molecular flexibility index (Phi) is 9.51. The summed E-state index contributed by atoms with van der Waals surface area (Å²) in [6.45, 7) is 12.8. The van der Waals surface area contributed by atoms with Crippen molar-refractivity contribution in [1.29, 1.82) is 0 Å². The fraction of sp³-hybridized carbons (Fsp3) is 0.474. The number of carbonyl (C=O) groups is 3. The molecule has 7 rings (SSSR count). The van der Waals surface area contributed by atoms with E-state index in [1.54, 1.807) is 24.4 Å². The van der Waals surface area contributed by atoms with Gasteiger partial charge in [-0.3, -0.25) is 19.4 Å².